The largest absolute Gasteiger partial charge is 0.480 e. The van der Waals surface area contributed by atoms with E-state index in [9.17, 15) is 18.0 Å². The highest BCUT2D eigenvalue weighted by atomic mass is 32.1. The van der Waals surface area contributed by atoms with Gasteiger partial charge in [-0.05, 0) is 23.9 Å². The number of carbonyl (C=O) groups is 1. The fourth-order valence-electron chi connectivity index (χ4n) is 1.19. The van der Waals surface area contributed by atoms with Gasteiger partial charge in [0.1, 0.15) is 6.04 Å². The number of rotatable bonds is 4. The molecule has 0 aliphatic rings. The van der Waals surface area contributed by atoms with Gasteiger partial charge >= 0.3 is 12.1 Å². The van der Waals surface area contributed by atoms with E-state index < -0.39 is 24.7 Å². The quantitative estimate of drug-likeness (QED) is 0.865. The standard InChI is InChI=1S/C9H10F3NO2S/c1-5-2-3-16-7(5)6(8(14)15)13-4-9(10,11)12/h2-3,6,13H,4H2,1H3,(H,14,15). The van der Waals surface area contributed by atoms with E-state index in [1.807, 2.05) is 5.32 Å². The molecule has 0 amide bonds. The average molecular weight is 253 g/mol. The maximum atomic E-state index is 12.0. The molecule has 0 fully saturated rings. The van der Waals surface area contributed by atoms with E-state index in [-0.39, 0.29) is 0 Å². The summed E-state index contributed by atoms with van der Waals surface area (Å²) in [5, 5.41) is 12.5. The van der Waals surface area contributed by atoms with E-state index in [2.05, 4.69) is 0 Å². The Morgan fingerprint density at radius 3 is 2.62 bits per heavy atom. The van der Waals surface area contributed by atoms with Crippen LogP contribution in [-0.2, 0) is 4.79 Å². The van der Waals surface area contributed by atoms with Crippen LogP contribution in [0.2, 0.25) is 0 Å². The molecule has 0 bridgehead atoms. The van der Waals surface area contributed by atoms with Crippen molar-refractivity contribution in [2.24, 2.45) is 0 Å². The summed E-state index contributed by atoms with van der Waals surface area (Å²) in [6.07, 6.45) is -4.42. The van der Waals surface area contributed by atoms with E-state index in [4.69, 9.17) is 5.11 Å². The second-order valence-corrected chi connectivity index (χ2v) is 4.18. The summed E-state index contributed by atoms with van der Waals surface area (Å²) >= 11 is 1.13. The molecule has 0 aliphatic carbocycles. The molecule has 1 aromatic heterocycles. The summed E-state index contributed by atoms with van der Waals surface area (Å²) in [6, 6.07) is 0.368. The smallest absolute Gasteiger partial charge is 0.401 e. The molecular weight excluding hydrogens is 243 g/mol. The number of aliphatic carboxylic acids is 1. The number of halogens is 3. The van der Waals surface area contributed by atoms with Crippen LogP contribution in [0.15, 0.2) is 11.4 Å². The lowest BCUT2D eigenvalue weighted by atomic mass is 10.1. The van der Waals surface area contributed by atoms with Crippen LogP contribution in [0.1, 0.15) is 16.5 Å². The molecule has 0 spiro atoms. The number of hydrogen-bond acceptors (Lipinski definition) is 3. The number of carboxylic acids is 1. The molecule has 0 saturated heterocycles. The second kappa shape index (κ2) is 4.84. The van der Waals surface area contributed by atoms with Crippen molar-refractivity contribution in [1.82, 2.24) is 5.32 Å². The van der Waals surface area contributed by atoms with Gasteiger partial charge in [0.05, 0.1) is 6.54 Å². The monoisotopic (exact) mass is 253 g/mol. The van der Waals surface area contributed by atoms with E-state index in [1.54, 1.807) is 18.4 Å². The molecule has 1 rings (SSSR count). The lowest BCUT2D eigenvalue weighted by Crippen LogP contribution is -2.35. The summed E-state index contributed by atoms with van der Waals surface area (Å²) in [5.74, 6) is -1.31. The molecule has 2 N–H and O–H groups in total. The molecule has 0 aliphatic heterocycles. The molecule has 1 heterocycles. The maximum absolute atomic E-state index is 12.0. The first-order chi connectivity index (χ1) is 7.31. The molecule has 0 radical (unpaired) electrons. The third-order valence-corrected chi connectivity index (χ3v) is 3.00. The van der Waals surface area contributed by atoms with Crippen LogP contribution >= 0.6 is 11.3 Å². The van der Waals surface area contributed by atoms with E-state index >= 15 is 0 Å². The molecule has 1 aromatic rings. The van der Waals surface area contributed by atoms with Gasteiger partial charge in [0.15, 0.2) is 0 Å². The van der Waals surface area contributed by atoms with Crippen molar-refractivity contribution in [2.75, 3.05) is 6.54 Å². The SMILES string of the molecule is Cc1ccsc1C(NCC(F)(F)F)C(=O)O. The third kappa shape index (κ3) is 3.49. The second-order valence-electron chi connectivity index (χ2n) is 3.24. The minimum atomic E-state index is -4.42. The molecule has 0 saturated carbocycles. The minimum Gasteiger partial charge on any atom is -0.480 e. The average Bonchev–Trinajstić information content (AvgIpc) is 2.50. The highest BCUT2D eigenvalue weighted by Crippen LogP contribution is 2.25. The van der Waals surface area contributed by atoms with E-state index in [1.165, 1.54) is 0 Å². The van der Waals surface area contributed by atoms with Crippen molar-refractivity contribution in [1.29, 1.82) is 0 Å². The molecule has 16 heavy (non-hydrogen) atoms. The first-order valence-corrected chi connectivity index (χ1v) is 5.26. The van der Waals surface area contributed by atoms with Crippen molar-refractivity contribution >= 4 is 17.3 Å². The Hall–Kier alpha value is -1.08. The zero-order valence-corrected chi connectivity index (χ0v) is 9.15. The lowest BCUT2D eigenvalue weighted by molar-refractivity contribution is -0.143. The van der Waals surface area contributed by atoms with Crippen LogP contribution in [0, 0.1) is 6.92 Å². The molecule has 3 nitrogen and oxygen atoms in total. The summed E-state index contributed by atoms with van der Waals surface area (Å²) in [5.41, 5.74) is 0.673. The van der Waals surface area contributed by atoms with Crippen LogP contribution in [0.3, 0.4) is 0 Å². The summed E-state index contributed by atoms with van der Waals surface area (Å²) in [7, 11) is 0. The van der Waals surface area contributed by atoms with Gasteiger partial charge in [-0.15, -0.1) is 11.3 Å². The number of carboxylic acid groups (broad SMARTS) is 1. The number of hydrogen-bond donors (Lipinski definition) is 2. The van der Waals surface area contributed by atoms with Crippen LogP contribution in [0.5, 0.6) is 0 Å². The summed E-state index contributed by atoms with van der Waals surface area (Å²) in [6.45, 7) is 0.346. The third-order valence-electron chi connectivity index (χ3n) is 1.92. The molecule has 90 valence electrons. The van der Waals surface area contributed by atoms with Crippen LogP contribution in [0.4, 0.5) is 13.2 Å². The Labute approximate surface area is 93.9 Å². The highest BCUT2D eigenvalue weighted by molar-refractivity contribution is 7.10. The maximum Gasteiger partial charge on any atom is 0.401 e. The Morgan fingerprint density at radius 1 is 1.62 bits per heavy atom. The topological polar surface area (TPSA) is 49.3 Å². The zero-order chi connectivity index (χ0) is 12.3. The molecular formula is C9H10F3NO2S. The Balaban J connectivity index is 2.78. The van der Waals surface area contributed by atoms with Crippen molar-refractivity contribution in [3.8, 4) is 0 Å². The Morgan fingerprint density at radius 2 is 2.25 bits per heavy atom. The normalized spacial score (nSPS) is 13.8. The zero-order valence-electron chi connectivity index (χ0n) is 8.34. The van der Waals surface area contributed by atoms with Gasteiger partial charge in [0, 0.05) is 4.88 Å². The number of aryl methyl sites for hydroxylation is 1. The number of alkyl halides is 3. The molecule has 1 atom stereocenters. The van der Waals surface area contributed by atoms with Gasteiger partial charge < -0.3 is 5.11 Å². The van der Waals surface area contributed by atoms with Gasteiger partial charge in [-0.1, -0.05) is 0 Å². The lowest BCUT2D eigenvalue weighted by Gasteiger charge is -2.15. The first-order valence-electron chi connectivity index (χ1n) is 4.38. The van der Waals surface area contributed by atoms with Crippen molar-refractivity contribution in [3.63, 3.8) is 0 Å². The van der Waals surface area contributed by atoms with Gasteiger partial charge in [-0.3, -0.25) is 10.1 Å². The molecule has 7 heteroatoms. The van der Waals surface area contributed by atoms with Crippen molar-refractivity contribution in [2.45, 2.75) is 19.1 Å². The van der Waals surface area contributed by atoms with Crippen LogP contribution in [-0.4, -0.2) is 23.8 Å². The minimum absolute atomic E-state index is 0.400. The predicted molar refractivity (Wildman–Crippen MR) is 53.5 cm³/mol. The van der Waals surface area contributed by atoms with Crippen molar-refractivity contribution < 1.29 is 23.1 Å². The van der Waals surface area contributed by atoms with E-state index in [0.717, 1.165) is 11.3 Å². The number of nitrogens with one attached hydrogen (secondary N) is 1. The fourth-order valence-corrected chi connectivity index (χ4v) is 2.18. The van der Waals surface area contributed by atoms with Crippen LogP contribution in [0.25, 0.3) is 0 Å². The number of thiophene rings is 1. The fraction of sp³-hybridized carbons (Fsp3) is 0.444. The van der Waals surface area contributed by atoms with E-state index in [0.29, 0.717) is 10.4 Å². The van der Waals surface area contributed by atoms with Gasteiger partial charge in [-0.25, -0.2) is 0 Å². The summed E-state index contributed by atoms with van der Waals surface area (Å²) < 4.78 is 35.9. The molecule has 0 aromatic carbocycles. The molecule has 1 unspecified atom stereocenters. The van der Waals surface area contributed by atoms with Crippen LogP contribution < -0.4 is 5.32 Å². The predicted octanol–water partition coefficient (Wildman–Crippen LogP) is 2.33. The Bertz CT molecular complexity index is 375. The highest BCUT2D eigenvalue weighted by Gasteiger charge is 2.31. The van der Waals surface area contributed by atoms with Crippen molar-refractivity contribution in [3.05, 3.63) is 21.9 Å². The first kappa shape index (κ1) is 13.0. The Kier molecular flexibility index (Phi) is 3.93. The van der Waals surface area contributed by atoms with Gasteiger partial charge in [-0.2, -0.15) is 13.2 Å². The van der Waals surface area contributed by atoms with Gasteiger partial charge in [0.2, 0.25) is 0 Å². The van der Waals surface area contributed by atoms with Gasteiger partial charge in [0.25, 0.3) is 0 Å². The summed E-state index contributed by atoms with van der Waals surface area (Å²) in [4.78, 5) is 11.2.